The van der Waals surface area contributed by atoms with E-state index in [1.54, 1.807) is 0 Å². The predicted molar refractivity (Wildman–Crippen MR) is 324 cm³/mol. The molecule has 0 fully saturated rings. The van der Waals surface area contributed by atoms with Crippen LogP contribution in [-0.4, -0.2) is 6.04 Å². The van der Waals surface area contributed by atoms with Crippen molar-refractivity contribution in [2.24, 2.45) is 5.92 Å². The fourth-order valence-corrected chi connectivity index (χ4v) is 12.5. The van der Waals surface area contributed by atoms with Crippen LogP contribution in [0.1, 0.15) is 55.6 Å². The van der Waals surface area contributed by atoms with Crippen molar-refractivity contribution in [3.05, 3.63) is 296 Å². The first-order chi connectivity index (χ1) is 37.8. The van der Waals surface area contributed by atoms with E-state index in [0.717, 1.165) is 45.1 Å². The van der Waals surface area contributed by atoms with Crippen LogP contribution in [0.3, 0.4) is 0 Å². The van der Waals surface area contributed by atoms with E-state index in [0.29, 0.717) is 11.1 Å². The van der Waals surface area contributed by atoms with Crippen LogP contribution in [0.15, 0.2) is 240 Å². The van der Waals surface area contributed by atoms with Crippen LogP contribution in [0.4, 0.5) is 22.7 Å². The maximum absolute atomic E-state index is 10.1. The molecule has 8 aromatic carbocycles. The molecule has 0 radical (unpaired) electrons. The zero-order valence-corrected chi connectivity index (χ0v) is 45.6. The number of hydrogen-bond acceptors (Lipinski definition) is 4. The van der Waals surface area contributed by atoms with E-state index in [1.807, 2.05) is 24.3 Å². The van der Waals surface area contributed by atoms with Crippen molar-refractivity contribution in [1.82, 2.24) is 0 Å². The molecule has 4 nitrogen and oxygen atoms in total. The van der Waals surface area contributed by atoms with E-state index in [-0.39, 0.29) is 12.0 Å². The van der Waals surface area contributed by atoms with E-state index in [2.05, 4.69) is 259 Å². The molecule has 0 aromatic heterocycles. The molecule has 0 spiro atoms. The third kappa shape index (κ3) is 8.76. The van der Waals surface area contributed by atoms with Crippen LogP contribution in [0.2, 0.25) is 0 Å². The molecule has 78 heavy (non-hydrogen) atoms. The van der Waals surface area contributed by atoms with Crippen molar-refractivity contribution in [3.63, 3.8) is 0 Å². The molecule has 4 aliphatic rings. The first kappa shape index (κ1) is 49.4. The Morgan fingerprint density at radius 2 is 0.897 bits per heavy atom. The lowest BCUT2D eigenvalue weighted by Crippen LogP contribution is -2.37. The fourth-order valence-electron chi connectivity index (χ4n) is 12.5. The molecule has 376 valence electrons. The van der Waals surface area contributed by atoms with Gasteiger partial charge < -0.3 is 9.80 Å². The monoisotopic (exact) mass is 1000 g/mol. The molecular formula is C74H60N4. The SMILES string of the molecule is Cc1ccc(-c2ccc(N(C3=C4C=CC5=C6C(=CC=C(C=C3)C46)C(N(c3ccc(C#N)cc3)c3ccc(-c4ccc(C)cc4C)cc3-c3ccc(C)cc3C)C=C5)c3ccc(C#N)cc3)c(-c3ccc(C)cc3C)c2)c(C)c1. The summed E-state index contributed by atoms with van der Waals surface area (Å²) in [5.74, 6) is -0.0640. The Morgan fingerprint density at radius 1 is 0.410 bits per heavy atom. The van der Waals surface area contributed by atoms with Crippen LogP contribution in [0.5, 0.6) is 0 Å². The van der Waals surface area contributed by atoms with E-state index in [1.165, 1.54) is 100 Å². The van der Waals surface area contributed by atoms with Crippen molar-refractivity contribution in [1.29, 1.82) is 10.5 Å². The van der Waals surface area contributed by atoms with Crippen LogP contribution in [0, 0.1) is 84.0 Å². The summed E-state index contributed by atoms with van der Waals surface area (Å²) in [6.07, 6.45) is 18.6. The predicted octanol–water partition coefficient (Wildman–Crippen LogP) is 18.7. The lowest BCUT2D eigenvalue weighted by Gasteiger charge is -2.44. The van der Waals surface area contributed by atoms with Crippen molar-refractivity contribution in [3.8, 4) is 56.6 Å². The van der Waals surface area contributed by atoms with Gasteiger partial charge in [0.25, 0.3) is 0 Å². The van der Waals surface area contributed by atoms with Gasteiger partial charge in [-0.25, -0.2) is 0 Å². The van der Waals surface area contributed by atoms with Crippen LogP contribution >= 0.6 is 0 Å². The highest BCUT2D eigenvalue weighted by Crippen LogP contribution is 2.53. The van der Waals surface area contributed by atoms with Gasteiger partial charge in [0.05, 0.1) is 40.7 Å². The summed E-state index contributed by atoms with van der Waals surface area (Å²) in [5.41, 5.74) is 31.8. The average molecular weight is 1010 g/mol. The van der Waals surface area contributed by atoms with E-state index in [9.17, 15) is 10.5 Å². The molecule has 2 atom stereocenters. The molecule has 2 unspecified atom stereocenters. The molecular weight excluding hydrogens is 945 g/mol. The second kappa shape index (κ2) is 19.9. The summed E-state index contributed by atoms with van der Waals surface area (Å²) in [6.45, 7) is 17.5. The third-order valence-electron chi connectivity index (χ3n) is 16.2. The summed E-state index contributed by atoms with van der Waals surface area (Å²) in [5, 5.41) is 20.1. The van der Waals surface area contributed by atoms with Gasteiger partial charge in [-0.2, -0.15) is 10.5 Å². The summed E-state index contributed by atoms with van der Waals surface area (Å²) >= 11 is 0. The van der Waals surface area contributed by atoms with Gasteiger partial charge in [-0.1, -0.05) is 150 Å². The van der Waals surface area contributed by atoms with Gasteiger partial charge in [0.2, 0.25) is 0 Å². The standard InChI is InChI=1S/C74H60N4/c1-45-9-27-61(49(5)37-45)57-21-35-71(67(41-57)63-29-11-47(3)39-51(63)7)77(59-23-13-53(43-75)14-24-59)69-33-19-55-18-32-66-70(34-20-56-17-31-65(69)73(55)74(56)66)78(60-25-15-54(44-76)16-26-60)72-36-22-58(62-28-10-46(2)38-50(62)6)42-68(72)64-30-12-48(4)40-52(64)8/h9-42,69,74H,1-8H3. The number of anilines is 4. The zero-order valence-electron chi connectivity index (χ0n) is 45.6. The van der Waals surface area contributed by atoms with Crippen molar-refractivity contribution in [2.45, 2.75) is 61.4 Å². The molecule has 12 rings (SSSR count). The first-order valence-corrected chi connectivity index (χ1v) is 27.0. The maximum atomic E-state index is 10.1. The van der Waals surface area contributed by atoms with Gasteiger partial charge in [0, 0.05) is 34.1 Å². The number of aryl methyl sites for hydroxylation is 8. The van der Waals surface area contributed by atoms with Crippen LogP contribution < -0.4 is 9.80 Å². The highest BCUT2D eigenvalue weighted by Gasteiger charge is 2.41. The molecule has 0 N–H and O–H groups in total. The Balaban J connectivity index is 1.04. The van der Waals surface area contributed by atoms with Crippen LogP contribution in [0.25, 0.3) is 44.5 Å². The van der Waals surface area contributed by atoms with Gasteiger partial charge in [0.15, 0.2) is 0 Å². The molecule has 0 bridgehead atoms. The van der Waals surface area contributed by atoms with Gasteiger partial charge in [0.1, 0.15) is 0 Å². The van der Waals surface area contributed by atoms with E-state index < -0.39 is 0 Å². The molecule has 4 aliphatic carbocycles. The Hall–Kier alpha value is -9.48. The quantitative estimate of drug-likeness (QED) is 0.137. The molecule has 0 aliphatic heterocycles. The molecule has 0 saturated carbocycles. The smallest absolute Gasteiger partial charge is 0.0991 e. The van der Waals surface area contributed by atoms with Crippen LogP contribution in [-0.2, 0) is 0 Å². The second-order valence-electron chi connectivity index (χ2n) is 21.7. The number of nitriles is 2. The third-order valence-corrected chi connectivity index (χ3v) is 16.2. The lowest BCUT2D eigenvalue weighted by atomic mass is 9.67. The average Bonchev–Trinajstić information content (AvgIpc) is 3.64. The van der Waals surface area contributed by atoms with Crippen molar-refractivity contribution >= 4 is 22.7 Å². The minimum absolute atomic E-state index is 0.0640. The zero-order chi connectivity index (χ0) is 53.9. The second-order valence-corrected chi connectivity index (χ2v) is 21.7. The molecule has 0 heterocycles. The lowest BCUT2D eigenvalue weighted by molar-refractivity contribution is 0.773. The minimum atomic E-state index is -0.212. The van der Waals surface area contributed by atoms with E-state index in [4.69, 9.17) is 0 Å². The summed E-state index contributed by atoms with van der Waals surface area (Å²) in [6, 6.07) is 61.5. The minimum Gasteiger partial charge on any atom is -0.330 e. The summed E-state index contributed by atoms with van der Waals surface area (Å²) < 4.78 is 0. The highest BCUT2D eigenvalue weighted by molar-refractivity contribution is 5.93. The molecule has 4 heteroatoms. The Labute approximate surface area is 460 Å². The number of allylic oxidation sites excluding steroid dienone is 10. The summed E-state index contributed by atoms with van der Waals surface area (Å²) in [4.78, 5) is 4.91. The van der Waals surface area contributed by atoms with Gasteiger partial charge in [-0.05, 0) is 218 Å². The highest BCUT2D eigenvalue weighted by atomic mass is 15.2. The fraction of sp³-hybridized carbons (Fsp3) is 0.135. The normalized spacial score (nSPS) is 15.8. The maximum Gasteiger partial charge on any atom is 0.0991 e. The Bertz CT molecular complexity index is 4130. The summed E-state index contributed by atoms with van der Waals surface area (Å²) in [7, 11) is 0. The van der Waals surface area contributed by atoms with Gasteiger partial charge >= 0.3 is 0 Å². The number of nitrogens with zero attached hydrogens (tertiary/aromatic N) is 4. The Kier molecular flexibility index (Phi) is 12.6. The van der Waals surface area contributed by atoms with Gasteiger partial charge in [-0.3, -0.25) is 0 Å². The Morgan fingerprint density at radius 3 is 1.41 bits per heavy atom. The molecule has 0 amide bonds. The molecule has 0 saturated heterocycles. The van der Waals surface area contributed by atoms with Crippen molar-refractivity contribution in [2.75, 3.05) is 9.80 Å². The number of rotatable bonds is 10. The van der Waals surface area contributed by atoms with Crippen molar-refractivity contribution < 1.29 is 0 Å². The molecule has 8 aromatic rings. The van der Waals surface area contributed by atoms with E-state index >= 15 is 0 Å². The number of benzene rings is 8. The first-order valence-electron chi connectivity index (χ1n) is 27.0. The number of hydrogen-bond donors (Lipinski definition) is 0. The topological polar surface area (TPSA) is 54.1 Å². The van der Waals surface area contributed by atoms with Gasteiger partial charge in [-0.15, -0.1) is 0 Å². The largest absolute Gasteiger partial charge is 0.330 e.